The maximum absolute atomic E-state index is 12.6. The van der Waals surface area contributed by atoms with Crippen LogP contribution >= 0.6 is 15.9 Å². The number of sulfonamides is 1. The van der Waals surface area contributed by atoms with Gasteiger partial charge in [-0.2, -0.15) is 0 Å². The van der Waals surface area contributed by atoms with Gasteiger partial charge in [0.05, 0.1) is 27.7 Å². The van der Waals surface area contributed by atoms with Crippen LogP contribution in [0.15, 0.2) is 77.3 Å². The third-order valence-corrected chi connectivity index (χ3v) is 5.98. The van der Waals surface area contributed by atoms with E-state index in [1.165, 1.54) is 12.1 Å². The van der Waals surface area contributed by atoms with Crippen molar-refractivity contribution in [1.82, 2.24) is 0 Å². The van der Waals surface area contributed by atoms with Gasteiger partial charge >= 0.3 is 6.03 Å². The second kappa shape index (κ2) is 9.58. The summed E-state index contributed by atoms with van der Waals surface area (Å²) in [5.74, 6) is -0.334. The van der Waals surface area contributed by atoms with Crippen LogP contribution in [0.2, 0.25) is 0 Å². The number of halogens is 1. The highest BCUT2D eigenvalue weighted by Gasteiger charge is 2.19. The molecule has 0 heterocycles. The second-order valence-electron chi connectivity index (χ2n) is 6.39. The monoisotopic (exact) mass is 504 g/mol. The summed E-state index contributed by atoms with van der Waals surface area (Å²) in [4.78, 5) is 22.9. The number of carbonyl (C=O) groups is 1. The average Bonchev–Trinajstić information content (AvgIpc) is 2.71. The second-order valence-corrected chi connectivity index (χ2v) is 8.97. The molecule has 3 N–H and O–H groups in total. The predicted molar refractivity (Wildman–Crippen MR) is 123 cm³/mol. The van der Waals surface area contributed by atoms with Crippen molar-refractivity contribution in [2.24, 2.45) is 0 Å². The highest BCUT2D eigenvalue weighted by Crippen LogP contribution is 2.29. The van der Waals surface area contributed by atoms with Crippen LogP contribution < -0.4 is 15.4 Å². The Morgan fingerprint density at radius 2 is 1.55 bits per heavy atom. The highest BCUT2D eigenvalue weighted by atomic mass is 79.9. The van der Waals surface area contributed by atoms with Gasteiger partial charge in [0.1, 0.15) is 0 Å². The van der Waals surface area contributed by atoms with Gasteiger partial charge in [0, 0.05) is 16.6 Å². The van der Waals surface area contributed by atoms with Gasteiger partial charge in [-0.3, -0.25) is 14.8 Å². The number of nitrogens with zero attached hydrogens (tertiary/aromatic N) is 1. The smallest absolute Gasteiger partial charge is 0.307 e. The SMILES string of the molecule is O=C(Nc1ccccc1Br)Nc1ccc([N+](=O)[O-])cc1NS(=O)(=O)Cc1ccccc1. The molecule has 2 amide bonds. The molecule has 0 saturated carbocycles. The van der Waals surface area contributed by atoms with E-state index in [2.05, 4.69) is 31.3 Å². The van der Waals surface area contributed by atoms with Crippen molar-refractivity contribution in [3.63, 3.8) is 0 Å². The average molecular weight is 505 g/mol. The molecule has 9 nitrogen and oxygen atoms in total. The van der Waals surface area contributed by atoms with Crippen LogP contribution in [-0.4, -0.2) is 19.4 Å². The molecule has 0 radical (unpaired) electrons. The Hall–Kier alpha value is -3.44. The molecule has 3 aromatic rings. The molecule has 0 unspecified atom stereocenters. The van der Waals surface area contributed by atoms with Crippen LogP contribution in [0.3, 0.4) is 0 Å². The predicted octanol–water partition coefficient (Wildman–Crippen LogP) is 4.94. The normalized spacial score (nSPS) is 10.9. The summed E-state index contributed by atoms with van der Waals surface area (Å²) in [6, 6.07) is 18.2. The van der Waals surface area contributed by atoms with E-state index in [0.29, 0.717) is 15.7 Å². The third kappa shape index (κ3) is 6.27. The summed E-state index contributed by atoms with van der Waals surface area (Å²) >= 11 is 3.31. The molecule has 0 atom stereocenters. The number of non-ortho nitro benzene ring substituents is 1. The number of amides is 2. The van der Waals surface area contributed by atoms with Gasteiger partial charge in [0.25, 0.3) is 5.69 Å². The Morgan fingerprint density at radius 3 is 2.23 bits per heavy atom. The lowest BCUT2D eigenvalue weighted by molar-refractivity contribution is -0.384. The first-order chi connectivity index (χ1) is 14.7. The van der Waals surface area contributed by atoms with Gasteiger partial charge in [0.15, 0.2) is 0 Å². The number of nitro benzene ring substituents is 1. The Bertz CT molecular complexity index is 1220. The third-order valence-electron chi connectivity index (χ3n) is 4.05. The standard InChI is InChI=1S/C20H17BrN4O5S/c21-16-8-4-5-9-17(16)22-20(26)23-18-11-10-15(25(27)28)12-19(18)24-31(29,30)13-14-6-2-1-3-7-14/h1-12,24H,13H2,(H2,22,23,26). The van der Waals surface area contributed by atoms with Crippen molar-refractivity contribution < 1.29 is 18.1 Å². The molecule has 11 heteroatoms. The summed E-state index contributed by atoms with van der Waals surface area (Å²) in [6.07, 6.45) is 0. The van der Waals surface area contributed by atoms with Crippen LogP contribution in [0.25, 0.3) is 0 Å². The van der Waals surface area contributed by atoms with Crippen LogP contribution in [-0.2, 0) is 15.8 Å². The zero-order valence-corrected chi connectivity index (χ0v) is 18.3. The lowest BCUT2D eigenvalue weighted by atomic mass is 10.2. The van der Waals surface area contributed by atoms with Crippen LogP contribution in [0.4, 0.5) is 27.5 Å². The quantitative estimate of drug-likeness (QED) is 0.309. The molecule has 3 rings (SSSR count). The molecular formula is C20H17BrN4O5S. The van der Waals surface area contributed by atoms with Crippen LogP contribution in [0.5, 0.6) is 0 Å². The minimum Gasteiger partial charge on any atom is -0.307 e. The van der Waals surface area contributed by atoms with Gasteiger partial charge in [-0.15, -0.1) is 0 Å². The lowest BCUT2D eigenvalue weighted by Crippen LogP contribution is -2.22. The molecule has 0 aliphatic heterocycles. The van der Waals surface area contributed by atoms with E-state index in [1.54, 1.807) is 54.6 Å². The topological polar surface area (TPSA) is 130 Å². The van der Waals surface area contributed by atoms with E-state index >= 15 is 0 Å². The number of nitro groups is 1. The maximum Gasteiger partial charge on any atom is 0.323 e. The Kier molecular flexibility index (Phi) is 6.88. The number of rotatable bonds is 7. The van der Waals surface area contributed by atoms with Gasteiger partial charge in [0.2, 0.25) is 10.0 Å². The van der Waals surface area contributed by atoms with E-state index in [9.17, 15) is 23.3 Å². The van der Waals surface area contributed by atoms with E-state index in [-0.39, 0.29) is 22.8 Å². The van der Waals surface area contributed by atoms with E-state index < -0.39 is 21.0 Å². The minimum absolute atomic E-state index is 0.0618. The summed E-state index contributed by atoms with van der Waals surface area (Å²) in [7, 11) is -3.91. The number of benzene rings is 3. The number of para-hydroxylation sites is 1. The van der Waals surface area contributed by atoms with Crippen molar-refractivity contribution in [3.05, 3.63) is 92.9 Å². The fraction of sp³-hybridized carbons (Fsp3) is 0.0500. The summed E-state index contributed by atoms with van der Waals surface area (Å²) in [5, 5.41) is 16.3. The molecule has 0 spiro atoms. The molecule has 0 aliphatic rings. The molecule has 0 bridgehead atoms. The van der Waals surface area contributed by atoms with Gasteiger partial charge in [-0.05, 0) is 39.7 Å². The number of anilines is 3. The Balaban J connectivity index is 1.84. The van der Waals surface area contributed by atoms with Crippen molar-refractivity contribution in [1.29, 1.82) is 0 Å². The number of urea groups is 1. The molecule has 0 aliphatic carbocycles. The fourth-order valence-electron chi connectivity index (χ4n) is 2.67. The van der Waals surface area contributed by atoms with Crippen LogP contribution in [0.1, 0.15) is 5.56 Å². The lowest BCUT2D eigenvalue weighted by Gasteiger charge is -2.14. The molecule has 0 aromatic heterocycles. The first-order valence-corrected chi connectivity index (χ1v) is 11.3. The Labute approximate surface area is 186 Å². The van der Waals surface area contributed by atoms with E-state index in [0.717, 1.165) is 6.07 Å². The van der Waals surface area contributed by atoms with E-state index in [1.807, 2.05) is 0 Å². The van der Waals surface area contributed by atoms with Gasteiger partial charge in [-0.1, -0.05) is 42.5 Å². The number of hydrogen-bond acceptors (Lipinski definition) is 5. The first kappa shape index (κ1) is 22.2. The largest absolute Gasteiger partial charge is 0.323 e. The molecule has 0 saturated heterocycles. The number of nitrogens with one attached hydrogen (secondary N) is 3. The zero-order chi connectivity index (χ0) is 22.4. The molecule has 3 aromatic carbocycles. The minimum atomic E-state index is -3.91. The maximum atomic E-state index is 12.6. The van der Waals surface area contributed by atoms with E-state index in [4.69, 9.17) is 0 Å². The highest BCUT2D eigenvalue weighted by molar-refractivity contribution is 9.10. The summed E-state index contributed by atoms with van der Waals surface area (Å²) in [5.41, 5.74) is 0.656. The van der Waals surface area contributed by atoms with Crippen LogP contribution in [0, 0.1) is 10.1 Å². The number of carbonyl (C=O) groups excluding carboxylic acids is 1. The molecule has 160 valence electrons. The van der Waals surface area contributed by atoms with Gasteiger partial charge in [-0.25, -0.2) is 13.2 Å². The van der Waals surface area contributed by atoms with Crippen molar-refractivity contribution in [2.75, 3.05) is 15.4 Å². The molecule has 31 heavy (non-hydrogen) atoms. The van der Waals surface area contributed by atoms with Crippen molar-refractivity contribution in [2.45, 2.75) is 5.75 Å². The summed E-state index contributed by atoms with van der Waals surface area (Å²) in [6.45, 7) is 0. The molecular weight excluding hydrogens is 488 g/mol. The van der Waals surface area contributed by atoms with Crippen molar-refractivity contribution >= 4 is 54.7 Å². The summed E-state index contributed by atoms with van der Waals surface area (Å²) < 4.78 is 28.2. The number of hydrogen-bond donors (Lipinski definition) is 3. The molecule has 0 fully saturated rings. The Morgan fingerprint density at radius 1 is 0.903 bits per heavy atom. The van der Waals surface area contributed by atoms with Gasteiger partial charge < -0.3 is 10.6 Å². The van der Waals surface area contributed by atoms with Crippen molar-refractivity contribution in [3.8, 4) is 0 Å². The zero-order valence-electron chi connectivity index (χ0n) is 15.9. The first-order valence-electron chi connectivity index (χ1n) is 8.89. The fourth-order valence-corrected chi connectivity index (χ4v) is 4.27.